The van der Waals surface area contributed by atoms with Gasteiger partial charge in [-0.05, 0) is 41.3 Å². The van der Waals surface area contributed by atoms with Gasteiger partial charge in [0.15, 0.2) is 0 Å². The van der Waals surface area contributed by atoms with E-state index in [4.69, 9.17) is 23.2 Å². The second-order valence-corrected chi connectivity index (χ2v) is 9.81. The lowest BCUT2D eigenvalue weighted by Gasteiger charge is -2.31. The molecule has 3 rings (SSSR count). The van der Waals surface area contributed by atoms with Crippen LogP contribution in [-0.4, -0.2) is 35.6 Å². The number of carbonyl (C=O) groups excluding carboxylic acids is 2. The van der Waals surface area contributed by atoms with Crippen molar-refractivity contribution in [2.24, 2.45) is 0 Å². The Kier molecular flexibility index (Phi) is 9.87. The average molecular weight is 516 g/mol. The fourth-order valence-corrected chi connectivity index (χ4v) is 4.97. The third-order valence-corrected chi connectivity index (χ3v) is 7.30. The Bertz CT molecular complexity index is 1120. The lowest BCUT2D eigenvalue weighted by Crippen LogP contribution is -2.50. The molecule has 0 spiro atoms. The number of aryl methyl sites for hydroxylation is 1. The third kappa shape index (κ3) is 7.26. The molecular weight excluding hydrogens is 487 g/mol. The monoisotopic (exact) mass is 514 g/mol. The van der Waals surface area contributed by atoms with E-state index in [1.54, 1.807) is 35.8 Å². The average Bonchev–Trinajstić information content (AvgIpc) is 2.84. The third-order valence-electron chi connectivity index (χ3n) is 5.60. The van der Waals surface area contributed by atoms with E-state index >= 15 is 0 Å². The van der Waals surface area contributed by atoms with E-state index in [2.05, 4.69) is 24.4 Å². The van der Waals surface area contributed by atoms with E-state index in [1.807, 2.05) is 48.5 Å². The summed E-state index contributed by atoms with van der Waals surface area (Å²) in [6.07, 6.45) is 0.413. The van der Waals surface area contributed by atoms with Gasteiger partial charge in [-0.2, -0.15) is 0 Å². The van der Waals surface area contributed by atoms with Crippen LogP contribution in [0.15, 0.2) is 72.8 Å². The molecule has 0 aliphatic carbocycles. The van der Waals surface area contributed by atoms with Crippen LogP contribution in [0.3, 0.4) is 0 Å². The molecule has 3 aromatic rings. The largest absolute Gasteiger partial charge is 0.357 e. The highest BCUT2D eigenvalue weighted by molar-refractivity contribution is 7.99. The number of hydrogen-bond acceptors (Lipinski definition) is 3. The predicted octanol–water partition coefficient (Wildman–Crippen LogP) is 5.92. The van der Waals surface area contributed by atoms with Crippen molar-refractivity contribution in [2.45, 2.75) is 31.7 Å². The Balaban J connectivity index is 1.84. The van der Waals surface area contributed by atoms with E-state index in [0.717, 1.165) is 16.9 Å². The molecule has 1 unspecified atom stereocenters. The number of benzene rings is 3. The first kappa shape index (κ1) is 26.1. The summed E-state index contributed by atoms with van der Waals surface area (Å²) in [5.74, 6) is 0.677. The molecule has 3 aromatic carbocycles. The maximum absolute atomic E-state index is 13.5. The Morgan fingerprint density at radius 3 is 2.32 bits per heavy atom. The highest BCUT2D eigenvalue weighted by atomic mass is 35.5. The number of carbonyl (C=O) groups is 2. The van der Waals surface area contributed by atoms with Crippen LogP contribution in [0, 0.1) is 6.92 Å². The molecule has 0 saturated carbocycles. The van der Waals surface area contributed by atoms with E-state index in [1.165, 1.54) is 11.1 Å². The van der Waals surface area contributed by atoms with Crippen molar-refractivity contribution in [2.75, 3.05) is 12.8 Å². The summed E-state index contributed by atoms with van der Waals surface area (Å²) in [4.78, 5) is 28.1. The van der Waals surface area contributed by atoms with Gasteiger partial charge in [0.2, 0.25) is 11.8 Å². The smallest absolute Gasteiger partial charge is 0.242 e. The lowest BCUT2D eigenvalue weighted by molar-refractivity contribution is -0.139. The van der Waals surface area contributed by atoms with Gasteiger partial charge in [-0.3, -0.25) is 9.59 Å². The van der Waals surface area contributed by atoms with Gasteiger partial charge < -0.3 is 10.2 Å². The van der Waals surface area contributed by atoms with Crippen molar-refractivity contribution < 1.29 is 9.59 Å². The summed E-state index contributed by atoms with van der Waals surface area (Å²) in [5.41, 5.74) is 4.19. The molecular formula is C27H28Cl2N2O2S. The summed E-state index contributed by atoms with van der Waals surface area (Å²) < 4.78 is 0. The van der Waals surface area contributed by atoms with Crippen LogP contribution in [0.5, 0.6) is 0 Å². The lowest BCUT2D eigenvalue weighted by atomic mass is 10.0. The number of rotatable bonds is 10. The SMILES string of the molecule is CNC(=O)C(Cc1ccccc1)N(Cc1ccc(Cl)c(Cl)c1)C(=O)CSCc1ccccc1C. The molecule has 0 bridgehead atoms. The Morgan fingerprint density at radius 2 is 1.65 bits per heavy atom. The van der Waals surface area contributed by atoms with Crippen molar-refractivity contribution >= 4 is 46.8 Å². The standard InChI is InChI=1S/C27H28Cl2N2O2S/c1-19-8-6-7-11-22(19)17-34-18-26(32)31(16-21-12-13-23(28)24(29)14-21)25(27(33)30-2)15-20-9-4-3-5-10-20/h3-14,25H,15-18H2,1-2H3,(H,30,33). The molecule has 0 radical (unpaired) electrons. The van der Waals surface area contributed by atoms with Crippen molar-refractivity contribution in [3.8, 4) is 0 Å². The van der Waals surface area contributed by atoms with E-state index in [-0.39, 0.29) is 24.1 Å². The number of nitrogens with one attached hydrogen (secondary N) is 1. The summed E-state index contributed by atoms with van der Waals surface area (Å²) >= 11 is 13.9. The fourth-order valence-electron chi connectivity index (χ4n) is 3.66. The summed E-state index contributed by atoms with van der Waals surface area (Å²) in [6, 6.07) is 22.5. The quantitative estimate of drug-likeness (QED) is 0.365. The zero-order valence-corrected chi connectivity index (χ0v) is 21.6. The van der Waals surface area contributed by atoms with Gasteiger partial charge in [-0.15, -0.1) is 11.8 Å². The van der Waals surface area contributed by atoms with E-state index in [0.29, 0.717) is 16.5 Å². The number of likely N-dealkylation sites (N-methyl/N-ethyl adjacent to an activating group) is 1. The predicted molar refractivity (Wildman–Crippen MR) is 142 cm³/mol. The first-order valence-corrected chi connectivity index (χ1v) is 12.9. The normalized spacial score (nSPS) is 11.6. The molecule has 178 valence electrons. The molecule has 0 aromatic heterocycles. The van der Waals surface area contributed by atoms with Gasteiger partial charge in [0.05, 0.1) is 15.8 Å². The minimum atomic E-state index is -0.659. The van der Waals surface area contributed by atoms with Crippen molar-refractivity contribution in [1.29, 1.82) is 0 Å². The van der Waals surface area contributed by atoms with E-state index in [9.17, 15) is 9.59 Å². The zero-order chi connectivity index (χ0) is 24.5. The second kappa shape index (κ2) is 12.8. The number of thioether (sulfide) groups is 1. The highest BCUT2D eigenvalue weighted by Gasteiger charge is 2.29. The van der Waals surface area contributed by atoms with E-state index < -0.39 is 6.04 Å². The molecule has 0 aliphatic rings. The van der Waals surface area contributed by atoms with Gasteiger partial charge in [-0.25, -0.2) is 0 Å². The van der Waals surface area contributed by atoms with Gasteiger partial charge >= 0.3 is 0 Å². The van der Waals surface area contributed by atoms with Crippen LogP contribution in [-0.2, 0) is 28.3 Å². The zero-order valence-electron chi connectivity index (χ0n) is 19.3. The van der Waals surface area contributed by atoms with Gasteiger partial charge in [0.1, 0.15) is 6.04 Å². The van der Waals surface area contributed by atoms with Crippen molar-refractivity contribution in [3.63, 3.8) is 0 Å². The fraction of sp³-hybridized carbons (Fsp3) is 0.259. The second-order valence-electron chi connectivity index (χ2n) is 8.01. The molecule has 0 aliphatic heterocycles. The molecule has 0 fully saturated rings. The Hall–Kier alpha value is -2.47. The molecule has 0 heterocycles. The Morgan fingerprint density at radius 1 is 0.941 bits per heavy atom. The van der Waals surface area contributed by atoms with Crippen LogP contribution in [0.4, 0.5) is 0 Å². The summed E-state index contributed by atoms with van der Waals surface area (Å²) in [6.45, 7) is 2.32. The number of hydrogen-bond donors (Lipinski definition) is 1. The number of nitrogens with zero attached hydrogens (tertiary/aromatic N) is 1. The summed E-state index contributed by atoms with van der Waals surface area (Å²) in [7, 11) is 1.59. The molecule has 7 heteroatoms. The maximum atomic E-state index is 13.5. The molecule has 2 amide bonds. The highest BCUT2D eigenvalue weighted by Crippen LogP contribution is 2.25. The molecule has 1 N–H and O–H groups in total. The van der Waals surface area contributed by atoms with Crippen LogP contribution >= 0.6 is 35.0 Å². The van der Waals surface area contributed by atoms with Gasteiger partial charge in [0, 0.05) is 25.8 Å². The maximum Gasteiger partial charge on any atom is 0.242 e. The first-order chi connectivity index (χ1) is 16.4. The van der Waals surface area contributed by atoms with Crippen LogP contribution < -0.4 is 5.32 Å². The Labute approximate surface area is 215 Å². The van der Waals surface area contributed by atoms with Crippen molar-refractivity contribution in [3.05, 3.63) is 105 Å². The molecule has 4 nitrogen and oxygen atoms in total. The molecule has 1 atom stereocenters. The minimum Gasteiger partial charge on any atom is -0.357 e. The number of amides is 2. The van der Waals surface area contributed by atoms with Crippen LogP contribution in [0.1, 0.15) is 22.3 Å². The van der Waals surface area contributed by atoms with Gasteiger partial charge in [-0.1, -0.05) is 83.9 Å². The van der Waals surface area contributed by atoms with Crippen molar-refractivity contribution in [1.82, 2.24) is 10.2 Å². The van der Waals surface area contributed by atoms with Crippen LogP contribution in [0.25, 0.3) is 0 Å². The summed E-state index contributed by atoms with van der Waals surface area (Å²) in [5, 5.41) is 3.59. The minimum absolute atomic E-state index is 0.103. The molecule has 34 heavy (non-hydrogen) atoms. The first-order valence-electron chi connectivity index (χ1n) is 11.0. The molecule has 0 saturated heterocycles. The van der Waals surface area contributed by atoms with Gasteiger partial charge in [0.25, 0.3) is 0 Å². The topological polar surface area (TPSA) is 49.4 Å². The number of halogens is 2. The van der Waals surface area contributed by atoms with Crippen LogP contribution in [0.2, 0.25) is 10.0 Å².